The number of carbonyl (C=O) groups excluding carboxylic acids is 12. The number of carbonyl (C=O) groups is 12. The molecule has 4 saturated carbocycles. The number of nitrogens with one attached hydrogen (secondary N) is 3. The van der Waals surface area contributed by atoms with Crippen molar-refractivity contribution in [1.82, 2.24) is 60.0 Å². The van der Waals surface area contributed by atoms with E-state index in [1.807, 2.05) is 13.8 Å². The third kappa shape index (κ3) is 20.0. The van der Waals surface area contributed by atoms with Crippen molar-refractivity contribution in [2.24, 2.45) is 41.4 Å². The van der Waals surface area contributed by atoms with E-state index in [1.54, 1.807) is 34.6 Å². The Hall–Kier alpha value is -7.22. The maximum absolute atomic E-state index is 15.6. The molecule has 0 aromatic rings. The fourth-order valence-corrected chi connectivity index (χ4v) is 17.9. The van der Waals surface area contributed by atoms with Gasteiger partial charge in [0.15, 0.2) is 0 Å². The smallest absolute Gasteiger partial charge is 0.377 e. The van der Waals surface area contributed by atoms with Crippen LogP contribution in [-0.4, -0.2) is 288 Å². The number of likely N-dealkylation sites (N-methyl/N-ethyl adjacent to an activating group) is 6. The van der Waals surface area contributed by atoms with Gasteiger partial charge in [0.05, 0.1) is 25.0 Å². The largest absolute Gasteiger partial charge is 0.397 e. The Bertz CT molecular complexity index is 3390. The molecule has 1 spiro atoms. The zero-order valence-electron chi connectivity index (χ0n) is 66.4. The Morgan fingerprint density at radius 1 is 0.609 bits per heavy atom. The Morgan fingerprint density at radius 3 is 1.77 bits per heavy atom. The van der Waals surface area contributed by atoms with E-state index >= 15 is 51.9 Å². The van der Waals surface area contributed by atoms with E-state index in [-0.39, 0.29) is 109 Å². The number of amides is 12. The van der Waals surface area contributed by atoms with Gasteiger partial charge in [-0.15, -0.1) is 0 Å². The van der Waals surface area contributed by atoms with E-state index in [1.165, 1.54) is 78.7 Å². The predicted molar refractivity (Wildman–Crippen MR) is 388 cm³/mol. The molecule has 13 atom stereocenters. The van der Waals surface area contributed by atoms with E-state index in [9.17, 15) is 40.7 Å². The zero-order chi connectivity index (χ0) is 81.7. The second kappa shape index (κ2) is 36.7. The SMILES string of the molecule is CCO[C@@H]1C[C@H]2C(=O)NC3(CCC3)C(=O)N(C)[C@@H](C3CCCC3)C(=O)N(C)[C@H](C(=O)N(C)C)CC(=O)N(C)[C@@H](CC(C)C)C(=O)N[C@@H]([C@@H](C)CC)C(=O)N3CC[C@H]3C(=O)N(C)[C@H]3CC(C)=C(C)CN(C3=O)[C@@H](CC3CCC(C(F)(F)F)CC3)C(=O)N(C)CC(=O)N[C@@H](CCC3CC(F)C(C(F)(F)F)C(F)C3)C(=O)N2C1. The van der Waals surface area contributed by atoms with Crippen LogP contribution < -0.4 is 16.0 Å². The summed E-state index contributed by atoms with van der Waals surface area (Å²) in [4.78, 5) is 193. The average Bonchev–Trinajstić information content (AvgIpc) is 1.21. The van der Waals surface area contributed by atoms with Crippen LogP contribution in [-0.2, 0) is 62.3 Å². The Morgan fingerprint density at radius 2 is 1.24 bits per heavy atom. The first-order valence-electron chi connectivity index (χ1n) is 39.5. The highest BCUT2D eigenvalue weighted by molar-refractivity contribution is 6.01. The van der Waals surface area contributed by atoms with Gasteiger partial charge in [0.1, 0.15) is 78.2 Å². The first-order chi connectivity index (χ1) is 51.5. The summed E-state index contributed by atoms with van der Waals surface area (Å²) in [5.74, 6) is -16.8. The summed E-state index contributed by atoms with van der Waals surface area (Å²) < 4.78 is 122. The minimum atomic E-state index is -5.22. The van der Waals surface area contributed by atoms with Gasteiger partial charge in [-0.05, 0) is 160 Å². The van der Waals surface area contributed by atoms with E-state index in [0.717, 1.165) is 14.7 Å². The normalized spacial score (nSPS) is 32.5. The maximum atomic E-state index is 15.6. The Balaban J connectivity index is 1.22. The molecule has 620 valence electrons. The van der Waals surface area contributed by atoms with Crippen molar-refractivity contribution >= 4 is 70.9 Å². The van der Waals surface area contributed by atoms with Gasteiger partial charge in [-0.3, -0.25) is 57.5 Å². The Labute approximate surface area is 641 Å². The van der Waals surface area contributed by atoms with Gasteiger partial charge in [-0.1, -0.05) is 58.1 Å². The second-order valence-electron chi connectivity index (χ2n) is 33.4. The monoisotopic (exact) mass is 1570 g/mol. The molecule has 4 aliphatic carbocycles. The van der Waals surface area contributed by atoms with Crippen LogP contribution in [0.4, 0.5) is 35.1 Å². The van der Waals surface area contributed by atoms with Crippen LogP contribution in [0.2, 0.25) is 0 Å². The van der Waals surface area contributed by atoms with E-state index in [0.29, 0.717) is 49.7 Å². The van der Waals surface area contributed by atoms with Crippen LogP contribution in [0.1, 0.15) is 190 Å². The van der Waals surface area contributed by atoms with Crippen molar-refractivity contribution in [3.05, 3.63) is 11.1 Å². The molecule has 33 heteroatoms. The van der Waals surface area contributed by atoms with Crippen LogP contribution in [0.3, 0.4) is 0 Å². The molecule has 25 nitrogen and oxygen atoms in total. The molecule has 4 heterocycles. The number of nitrogens with zero attached hydrogens (tertiary/aromatic N) is 9. The number of ether oxygens (including phenoxy) is 1. The number of rotatable bonds is 13. The van der Waals surface area contributed by atoms with E-state index < -0.39 is 229 Å². The lowest BCUT2D eigenvalue weighted by Gasteiger charge is -2.46. The molecule has 3 saturated heterocycles. The van der Waals surface area contributed by atoms with Crippen molar-refractivity contribution < 1.29 is 97.4 Å². The van der Waals surface area contributed by atoms with E-state index in [4.69, 9.17) is 4.74 Å². The molecular formula is C77H118F8N12O13. The number of hydrogen-bond acceptors (Lipinski definition) is 13. The van der Waals surface area contributed by atoms with Crippen molar-refractivity contribution in [3.63, 3.8) is 0 Å². The maximum Gasteiger partial charge on any atom is 0.397 e. The standard InChI is InChI=1S/C77H118F8N12O13/c1-15-43(5)63-72(107)95-31-28-54(95)70(105)92(12)57-33-44(6)45(7)39-96(71(57)106)59(36-46-22-25-49(26-23-46)76(80,81)82)69(104)90(10)41-60(98)86-53(27-24-47-34-51(78)62(52(79)35-47)77(83,84)85)67(102)97-40-50(110-16-2)37-56(97)66(101)88-75(29-19-30-75)74(109)94(14)64(48-20-17-18-21-48)73(108)93(13)58(68(103)89(8)9)38-61(99)91(11)55(32-42(3)4)65(100)87-63/h42-43,46-59,62-64H,15-41H2,1-14H3,(H,86,98)(H,87,100)(H,88,101)/t43-,46?,47?,49?,50+,51?,52?,53-,54-,55-,56-,57-,58-,59-,62?,63-,64-/m0/s1. The second-order valence-corrected chi connectivity index (χ2v) is 33.4. The fourth-order valence-electron chi connectivity index (χ4n) is 17.9. The molecule has 12 amide bonds. The fraction of sp³-hybridized carbons (Fsp3) is 0.818. The van der Waals surface area contributed by atoms with Crippen LogP contribution in [0.5, 0.6) is 0 Å². The Kier molecular flexibility index (Phi) is 29.5. The zero-order valence-corrected chi connectivity index (χ0v) is 66.4. The molecule has 8 aliphatic rings. The first kappa shape index (κ1) is 88.3. The van der Waals surface area contributed by atoms with Crippen molar-refractivity contribution in [3.8, 4) is 0 Å². The number of hydrogen-bond donors (Lipinski definition) is 3. The topological polar surface area (TPSA) is 279 Å². The quantitative estimate of drug-likeness (QED) is 0.125. The molecule has 0 aromatic heterocycles. The molecule has 110 heavy (non-hydrogen) atoms. The van der Waals surface area contributed by atoms with Gasteiger partial charge in [0.2, 0.25) is 70.9 Å². The van der Waals surface area contributed by atoms with Crippen molar-refractivity contribution in [2.45, 2.75) is 280 Å². The number of fused-ring (bicyclic) bond motifs is 4. The molecule has 3 N–H and O–H groups in total. The molecule has 0 radical (unpaired) electrons. The summed E-state index contributed by atoms with van der Waals surface area (Å²) in [7, 11) is 9.64. The predicted octanol–water partition coefficient (Wildman–Crippen LogP) is 6.88. The highest BCUT2D eigenvalue weighted by Crippen LogP contribution is 2.46. The molecule has 2 bridgehead atoms. The lowest BCUT2D eigenvalue weighted by Crippen LogP contribution is -2.68. The van der Waals surface area contributed by atoms with Crippen molar-refractivity contribution in [2.75, 3.05) is 82.1 Å². The highest BCUT2D eigenvalue weighted by Gasteiger charge is 2.57. The molecule has 2 unspecified atom stereocenters. The van der Waals surface area contributed by atoms with Gasteiger partial charge in [-0.25, -0.2) is 8.78 Å². The lowest BCUT2D eigenvalue weighted by atomic mass is 9.74. The average molecular weight is 1570 g/mol. The van der Waals surface area contributed by atoms with Gasteiger partial charge in [0.25, 0.3) is 0 Å². The summed E-state index contributed by atoms with van der Waals surface area (Å²) in [6.07, 6.45) is -16.5. The van der Waals surface area contributed by atoms with Crippen LogP contribution in [0.25, 0.3) is 0 Å². The molecule has 8 rings (SSSR count). The van der Waals surface area contributed by atoms with Crippen LogP contribution in [0.15, 0.2) is 11.1 Å². The van der Waals surface area contributed by atoms with Gasteiger partial charge >= 0.3 is 12.4 Å². The van der Waals surface area contributed by atoms with Crippen LogP contribution >= 0.6 is 0 Å². The van der Waals surface area contributed by atoms with Gasteiger partial charge in [0, 0.05) is 82.0 Å². The molecule has 0 aromatic carbocycles. The van der Waals surface area contributed by atoms with Gasteiger partial charge in [-0.2, -0.15) is 26.3 Å². The number of alkyl halides is 8. The highest BCUT2D eigenvalue weighted by atomic mass is 19.4. The number of halogens is 8. The molecule has 4 aliphatic heterocycles. The van der Waals surface area contributed by atoms with Gasteiger partial charge < -0.3 is 64.8 Å². The molecule has 7 fully saturated rings. The minimum absolute atomic E-state index is 0.00594. The third-order valence-electron chi connectivity index (χ3n) is 25.3. The lowest BCUT2D eigenvalue weighted by molar-refractivity contribution is -0.219. The summed E-state index contributed by atoms with van der Waals surface area (Å²) in [5.41, 5.74) is -0.451. The summed E-state index contributed by atoms with van der Waals surface area (Å²) in [5, 5.41) is 8.49. The first-order valence-corrected chi connectivity index (χ1v) is 39.5. The van der Waals surface area contributed by atoms with Crippen LogP contribution in [0, 0.1) is 41.4 Å². The molecular weight excluding hydrogens is 1450 g/mol. The van der Waals surface area contributed by atoms with Crippen molar-refractivity contribution in [1.29, 1.82) is 0 Å². The summed E-state index contributed by atoms with van der Waals surface area (Å²) in [6, 6.07) is -12.5. The minimum Gasteiger partial charge on any atom is -0.377 e. The third-order valence-corrected chi connectivity index (χ3v) is 25.3. The van der Waals surface area contributed by atoms with E-state index in [2.05, 4.69) is 16.0 Å². The summed E-state index contributed by atoms with van der Waals surface area (Å²) >= 11 is 0. The summed E-state index contributed by atoms with van der Waals surface area (Å²) in [6.45, 7) is 11.1.